The van der Waals surface area contributed by atoms with Crippen LogP contribution >= 0.6 is 0 Å². The van der Waals surface area contributed by atoms with Crippen molar-refractivity contribution in [1.82, 2.24) is 0 Å². The molecule has 4 nitrogen and oxygen atoms in total. The predicted molar refractivity (Wildman–Crippen MR) is 63.6 cm³/mol. The van der Waals surface area contributed by atoms with Crippen LogP contribution in [-0.2, 0) is 11.2 Å². The van der Waals surface area contributed by atoms with Gasteiger partial charge in [-0.05, 0) is 36.6 Å². The van der Waals surface area contributed by atoms with E-state index in [1.165, 1.54) is 5.56 Å². The molecule has 16 heavy (non-hydrogen) atoms. The summed E-state index contributed by atoms with van der Waals surface area (Å²) in [6.07, 6.45) is 2.11. The molecule has 0 spiro atoms. The zero-order valence-corrected chi connectivity index (χ0v) is 9.12. The minimum atomic E-state index is 0.0912. The van der Waals surface area contributed by atoms with Crippen LogP contribution in [-0.4, -0.2) is 24.2 Å². The third kappa shape index (κ3) is 2.52. The lowest BCUT2D eigenvalue weighted by atomic mass is 10.0. The zero-order valence-electron chi connectivity index (χ0n) is 9.12. The lowest BCUT2D eigenvalue weighted by Gasteiger charge is -2.18. The number of carbonyl (C=O) groups excluding carboxylic acids is 1. The molecular weight excluding hydrogens is 204 g/mol. The van der Waals surface area contributed by atoms with E-state index in [2.05, 4.69) is 16.7 Å². The summed E-state index contributed by atoms with van der Waals surface area (Å²) in [5.41, 5.74) is 3.14. The summed E-state index contributed by atoms with van der Waals surface area (Å²) in [6, 6.07) is 5.93. The highest BCUT2D eigenvalue weighted by atomic mass is 16.3. The summed E-state index contributed by atoms with van der Waals surface area (Å²) < 4.78 is 0. The van der Waals surface area contributed by atoms with Gasteiger partial charge in [0.1, 0.15) is 0 Å². The number of nitrogens with one attached hydrogen (secondary N) is 2. The lowest BCUT2D eigenvalue weighted by Crippen LogP contribution is -2.19. The average molecular weight is 220 g/mol. The molecule has 1 aromatic rings. The third-order valence-electron chi connectivity index (χ3n) is 2.66. The number of anilines is 2. The van der Waals surface area contributed by atoms with E-state index in [0.29, 0.717) is 6.42 Å². The lowest BCUT2D eigenvalue weighted by molar-refractivity contribution is -0.116. The molecule has 1 aromatic carbocycles. The number of hydrogen-bond acceptors (Lipinski definition) is 3. The first-order chi connectivity index (χ1) is 7.79. The first-order valence-corrected chi connectivity index (χ1v) is 5.57. The van der Waals surface area contributed by atoms with Gasteiger partial charge in [-0.3, -0.25) is 4.79 Å². The normalized spacial score (nSPS) is 14.2. The molecule has 0 aliphatic carbocycles. The van der Waals surface area contributed by atoms with Gasteiger partial charge < -0.3 is 15.7 Å². The Morgan fingerprint density at radius 2 is 2.25 bits per heavy atom. The van der Waals surface area contributed by atoms with Gasteiger partial charge in [-0.1, -0.05) is 0 Å². The summed E-state index contributed by atoms with van der Waals surface area (Å²) in [6.45, 7) is 0.968. The van der Waals surface area contributed by atoms with Crippen molar-refractivity contribution in [2.75, 3.05) is 23.8 Å². The minimum Gasteiger partial charge on any atom is -0.396 e. The Morgan fingerprint density at radius 3 is 3.06 bits per heavy atom. The summed E-state index contributed by atoms with van der Waals surface area (Å²) in [4.78, 5) is 11.2. The van der Waals surface area contributed by atoms with E-state index in [4.69, 9.17) is 5.11 Å². The highest BCUT2D eigenvalue weighted by Crippen LogP contribution is 2.25. The Balaban J connectivity index is 2.04. The van der Waals surface area contributed by atoms with Crippen LogP contribution in [0.4, 0.5) is 11.4 Å². The maximum Gasteiger partial charge on any atom is 0.224 e. The van der Waals surface area contributed by atoms with Crippen molar-refractivity contribution < 1.29 is 9.90 Å². The number of benzene rings is 1. The molecule has 0 bridgehead atoms. The topological polar surface area (TPSA) is 61.4 Å². The van der Waals surface area contributed by atoms with E-state index in [0.717, 1.165) is 30.8 Å². The summed E-state index contributed by atoms with van der Waals surface area (Å²) >= 11 is 0. The number of aliphatic hydroxyl groups excluding tert-OH is 1. The van der Waals surface area contributed by atoms with Crippen molar-refractivity contribution in [2.45, 2.75) is 19.3 Å². The molecule has 1 heterocycles. The highest BCUT2D eigenvalue weighted by Gasteiger charge is 2.14. The van der Waals surface area contributed by atoms with E-state index in [-0.39, 0.29) is 12.5 Å². The number of carbonyl (C=O) groups is 1. The Morgan fingerprint density at radius 1 is 1.38 bits per heavy atom. The predicted octanol–water partition coefficient (Wildman–Crippen LogP) is 1.37. The van der Waals surface area contributed by atoms with Crippen molar-refractivity contribution >= 4 is 17.3 Å². The Kier molecular flexibility index (Phi) is 3.41. The molecule has 0 unspecified atom stereocenters. The van der Waals surface area contributed by atoms with Gasteiger partial charge in [-0.2, -0.15) is 0 Å². The molecule has 86 valence electrons. The number of aryl methyl sites for hydroxylation is 1. The van der Waals surface area contributed by atoms with Gasteiger partial charge in [0.2, 0.25) is 5.91 Å². The van der Waals surface area contributed by atoms with E-state index in [1.807, 2.05) is 12.1 Å². The van der Waals surface area contributed by atoms with Crippen molar-refractivity contribution in [3.63, 3.8) is 0 Å². The average Bonchev–Trinajstić information content (AvgIpc) is 2.29. The molecule has 0 fully saturated rings. The number of hydrogen-bond donors (Lipinski definition) is 3. The minimum absolute atomic E-state index is 0.0912. The number of rotatable bonds is 4. The highest BCUT2D eigenvalue weighted by molar-refractivity contribution is 5.94. The molecule has 1 aliphatic heterocycles. The van der Waals surface area contributed by atoms with Gasteiger partial charge in [0.15, 0.2) is 0 Å². The van der Waals surface area contributed by atoms with Crippen LogP contribution in [0.15, 0.2) is 18.2 Å². The van der Waals surface area contributed by atoms with Crippen LogP contribution in [0.3, 0.4) is 0 Å². The Hall–Kier alpha value is -1.55. The molecule has 0 saturated carbocycles. The number of aliphatic hydroxyl groups is 1. The molecule has 1 amide bonds. The first kappa shape index (κ1) is 11.0. The van der Waals surface area contributed by atoms with Crippen LogP contribution < -0.4 is 10.6 Å². The largest absolute Gasteiger partial charge is 0.396 e. The standard InChI is InChI=1S/C12H16N2O2/c15-7-1-6-13-10-3-4-11-9(8-10)2-5-12(16)14-11/h3-4,8,13,15H,1-2,5-7H2,(H,14,16). The van der Waals surface area contributed by atoms with Crippen LogP contribution in [0.5, 0.6) is 0 Å². The first-order valence-electron chi connectivity index (χ1n) is 5.57. The summed E-state index contributed by atoms with van der Waals surface area (Å²) in [5, 5.41) is 14.8. The van der Waals surface area contributed by atoms with E-state index in [9.17, 15) is 4.79 Å². The molecule has 0 radical (unpaired) electrons. The monoisotopic (exact) mass is 220 g/mol. The van der Waals surface area contributed by atoms with E-state index < -0.39 is 0 Å². The number of amides is 1. The van der Waals surface area contributed by atoms with Gasteiger partial charge in [-0.25, -0.2) is 0 Å². The van der Waals surface area contributed by atoms with E-state index >= 15 is 0 Å². The fourth-order valence-corrected chi connectivity index (χ4v) is 1.81. The molecule has 1 aliphatic rings. The SMILES string of the molecule is O=C1CCc2cc(NCCCO)ccc2N1. The Labute approximate surface area is 94.7 Å². The molecule has 0 atom stereocenters. The van der Waals surface area contributed by atoms with Crippen molar-refractivity contribution in [2.24, 2.45) is 0 Å². The maximum absolute atomic E-state index is 11.2. The van der Waals surface area contributed by atoms with Crippen molar-refractivity contribution in [3.8, 4) is 0 Å². The molecule has 0 aromatic heterocycles. The summed E-state index contributed by atoms with van der Waals surface area (Å²) in [5.74, 6) is 0.0912. The zero-order chi connectivity index (χ0) is 11.4. The number of fused-ring (bicyclic) bond motifs is 1. The third-order valence-corrected chi connectivity index (χ3v) is 2.66. The summed E-state index contributed by atoms with van der Waals surface area (Å²) in [7, 11) is 0. The fourth-order valence-electron chi connectivity index (χ4n) is 1.81. The van der Waals surface area contributed by atoms with E-state index in [1.54, 1.807) is 0 Å². The molecule has 4 heteroatoms. The van der Waals surface area contributed by atoms with Crippen LogP contribution in [0.2, 0.25) is 0 Å². The van der Waals surface area contributed by atoms with Crippen molar-refractivity contribution in [1.29, 1.82) is 0 Å². The molecule has 3 N–H and O–H groups in total. The quantitative estimate of drug-likeness (QED) is 0.671. The molecule has 0 saturated heterocycles. The van der Waals surface area contributed by atoms with Gasteiger partial charge in [0, 0.05) is 30.9 Å². The van der Waals surface area contributed by atoms with Crippen LogP contribution in [0, 0.1) is 0 Å². The molecular formula is C12H16N2O2. The Bertz CT molecular complexity index is 391. The maximum atomic E-state index is 11.2. The van der Waals surface area contributed by atoms with Gasteiger partial charge in [0.05, 0.1) is 0 Å². The van der Waals surface area contributed by atoms with Crippen LogP contribution in [0.25, 0.3) is 0 Å². The second-order valence-corrected chi connectivity index (χ2v) is 3.92. The van der Waals surface area contributed by atoms with Crippen LogP contribution in [0.1, 0.15) is 18.4 Å². The van der Waals surface area contributed by atoms with Gasteiger partial charge >= 0.3 is 0 Å². The van der Waals surface area contributed by atoms with Crippen molar-refractivity contribution in [3.05, 3.63) is 23.8 Å². The van der Waals surface area contributed by atoms with Gasteiger partial charge in [-0.15, -0.1) is 0 Å². The second-order valence-electron chi connectivity index (χ2n) is 3.92. The smallest absolute Gasteiger partial charge is 0.224 e. The van der Waals surface area contributed by atoms with Gasteiger partial charge in [0.25, 0.3) is 0 Å². The molecule has 2 rings (SSSR count). The fraction of sp³-hybridized carbons (Fsp3) is 0.417. The second kappa shape index (κ2) is 4.99.